The predicted octanol–water partition coefficient (Wildman–Crippen LogP) is 3.26. The van der Waals surface area contributed by atoms with Crippen molar-refractivity contribution in [3.63, 3.8) is 0 Å². The van der Waals surface area contributed by atoms with Gasteiger partial charge in [-0.05, 0) is 41.5 Å². The molecule has 0 radical (unpaired) electrons. The zero-order chi connectivity index (χ0) is 18.8. The number of fused-ring (bicyclic) bond motifs is 1. The van der Waals surface area contributed by atoms with Crippen LogP contribution >= 0.6 is 0 Å². The lowest BCUT2D eigenvalue weighted by Gasteiger charge is -2.05. The molecule has 0 saturated heterocycles. The number of rotatable bonds is 5. The van der Waals surface area contributed by atoms with Crippen LogP contribution < -0.4 is 10.3 Å². The smallest absolute Gasteiger partial charge is 0.293 e. The van der Waals surface area contributed by atoms with Crippen LogP contribution in [0, 0.1) is 0 Å². The first-order chi connectivity index (χ1) is 13.2. The Morgan fingerprint density at radius 3 is 2.52 bits per heavy atom. The third-order valence-corrected chi connectivity index (χ3v) is 4.42. The van der Waals surface area contributed by atoms with E-state index in [9.17, 15) is 4.79 Å². The van der Waals surface area contributed by atoms with E-state index in [-0.39, 0.29) is 5.56 Å². The Kier molecular flexibility index (Phi) is 4.30. The van der Waals surface area contributed by atoms with E-state index >= 15 is 0 Å². The van der Waals surface area contributed by atoms with Crippen molar-refractivity contribution >= 4 is 11.6 Å². The second-order valence-corrected chi connectivity index (χ2v) is 6.13. The molecule has 0 aliphatic carbocycles. The minimum absolute atomic E-state index is 0.183. The normalized spacial score (nSPS) is 10.9. The summed E-state index contributed by atoms with van der Waals surface area (Å²) >= 11 is 0. The summed E-state index contributed by atoms with van der Waals surface area (Å²) in [5, 5.41) is 8.70. The van der Waals surface area contributed by atoms with Gasteiger partial charge in [0, 0.05) is 5.56 Å². The van der Waals surface area contributed by atoms with Crippen LogP contribution in [0.1, 0.15) is 11.1 Å². The average Bonchev–Trinajstić information content (AvgIpc) is 3.16. The SMILES string of the molecule is C=Cc1ccc(Cn2ncn3nc(-c4ccc(OC)cc4)cc3c2=O)cc1. The molecule has 2 aromatic carbocycles. The molecular formula is C21H18N4O2. The van der Waals surface area contributed by atoms with E-state index < -0.39 is 0 Å². The topological polar surface area (TPSA) is 61.4 Å². The maximum Gasteiger partial charge on any atom is 0.293 e. The summed E-state index contributed by atoms with van der Waals surface area (Å²) in [7, 11) is 1.62. The lowest BCUT2D eigenvalue weighted by atomic mass is 10.1. The highest BCUT2D eigenvalue weighted by Gasteiger charge is 2.10. The van der Waals surface area contributed by atoms with Crippen LogP contribution in [0.2, 0.25) is 0 Å². The van der Waals surface area contributed by atoms with Gasteiger partial charge in [-0.1, -0.05) is 36.9 Å². The number of hydrogen-bond acceptors (Lipinski definition) is 4. The van der Waals surface area contributed by atoms with Gasteiger partial charge < -0.3 is 4.74 Å². The summed E-state index contributed by atoms with van der Waals surface area (Å²) in [6, 6.07) is 17.2. The quantitative estimate of drug-likeness (QED) is 0.549. The Balaban J connectivity index is 1.68. The molecule has 6 nitrogen and oxygen atoms in total. The maximum atomic E-state index is 12.8. The van der Waals surface area contributed by atoms with Crippen molar-refractivity contribution in [2.24, 2.45) is 0 Å². The van der Waals surface area contributed by atoms with E-state index in [4.69, 9.17) is 4.74 Å². The van der Waals surface area contributed by atoms with Crippen LogP contribution in [0.25, 0.3) is 22.9 Å². The molecule has 0 unspecified atom stereocenters. The fourth-order valence-corrected chi connectivity index (χ4v) is 2.89. The van der Waals surface area contributed by atoms with Gasteiger partial charge in [0.15, 0.2) is 0 Å². The lowest BCUT2D eigenvalue weighted by Crippen LogP contribution is -2.25. The van der Waals surface area contributed by atoms with Crippen LogP contribution in [0.3, 0.4) is 0 Å². The molecule has 0 atom stereocenters. The van der Waals surface area contributed by atoms with Gasteiger partial charge in [-0.15, -0.1) is 0 Å². The average molecular weight is 358 g/mol. The summed E-state index contributed by atoms with van der Waals surface area (Å²) < 4.78 is 8.13. The highest BCUT2D eigenvalue weighted by molar-refractivity contribution is 5.65. The standard InChI is InChI=1S/C21H18N4O2/c1-3-15-4-6-16(7-5-15)13-24-21(26)20-12-19(23-25(20)14-22-24)17-8-10-18(27-2)11-9-17/h3-12,14H,1,13H2,2H3. The van der Waals surface area contributed by atoms with Gasteiger partial charge in [-0.25, -0.2) is 9.20 Å². The van der Waals surface area contributed by atoms with Crippen molar-refractivity contribution < 1.29 is 4.74 Å². The van der Waals surface area contributed by atoms with E-state index in [1.54, 1.807) is 25.6 Å². The second-order valence-electron chi connectivity index (χ2n) is 6.13. The van der Waals surface area contributed by atoms with Crippen LogP contribution in [0.5, 0.6) is 5.75 Å². The fourth-order valence-electron chi connectivity index (χ4n) is 2.89. The van der Waals surface area contributed by atoms with Crippen LogP contribution in [-0.2, 0) is 6.54 Å². The number of methoxy groups -OCH3 is 1. The summed E-state index contributed by atoms with van der Waals surface area (Å²) in [5.41, 5.74) is 3.95. The summed E-state index contributed by atoms with van der Waals surface area (Å²) in [6.07, 6.45) is 3.34. The molecule has 2 heterocycles. The highest BCUT2D eigenvalue weighted by atomic mass is 16.5. The third kappa shape index (κ3) is 3.25. The number of nitrogens with zero attached hydrogens (tertiary/aromatic N) is 4. The summed E-state index contributed by atoms with van der Waals surface area (Å²) in [5.74, 6) is 0.772. The van der Waals surface area contributed by atoms with Crippen molar-refractivity contribution in [3.8, 4) is 17.0 Å². The number of ether oxygens (including phenoxy) is 1. The zero-order valence-electron chi connectivity index (χ0n) is 14.9. The minimum Gasteiger partial charge on any atom is -0.497 e. The van der Waals surface area contributed by atoms with Gasteiger partial charge in [-0.3, -0.25) is 4.79 Å². The predicted molar refractivity (Wildman–Crippen MR) is 105 cm³/mol. The summed E-state index contributed by atoms with van der Waals surface area (Å²) in [6.45, 7) is 4.14. The third-order valence-electron chi connectivity index (χ3n) is 4.42. The molecule has 0 N–H and O–H groups in total. The van der Waals surface area contributed by atoms with Crippen molar-refractivity contribution in [2.75, 3.05) is 7.11 Å². The molecule has 4 rings (SSSR count). The van der Waals surface area contributed by atoms with Gasteiger partial charge in [0.05, 0.1) is 19.3 Å². The Morgan fingerprint density at radius 2 is 1.85 bits per heavy atom. The molecule has 2 aromatic heterocycles. The molecule has 0 saturated carbocycles. The molecule has 6 heteroatoms. The molecule has 134 valence electrons. The molecule has 0 bridgehead atoms. The molecule has 0 amide bonds. The minimum atomic E-state index is -0.183. The molecule has 0 spiro atoms. The first-order valence-electron chi connectivity index (χ1n) is 8.49. The Labute approximate surface area is 156 Å². The van der Waals surface area contributed by atoms with Crippen molar-refractivity contribution in [1.29, 1.82) is 0 Å². The first kappa shape index (κ1) is 16.8. The van der Waals surface area contributed by atoms with E-state index in [1.165, 1.54) is 9.20 Å². The Bertz CT molecular complexity index is 1160. The summed E-state index contributed by atoms with van der Waals surface area (Å²) in [4.78, 5) is 12.8. The Morgan fingerprint density at radius 1 is 1.11 bits per heavy atom. The fraction of sp³-hybridized carbons (Fsp3) is 0.0952. The van der Waals surface area contributed by atoms with Crippen LogP contribution in [-0.4, -0.2) is 26.5 Å². The van der Waals surface area contributed by atoms with E-state index in [0.29, 0.717) is 17.8 Å². The molecule has 4 aromatic rings. The molecular weight excluding hydrogens is 340 g/mol. The molecule has 0 fully saturated rings. The van der Waals surface area contributed by atoms with Crippen molar-refractivity contribution in [2.45, 2.75) is 6.54 Å². The largest absolute Gasteiger partial charge is 0.497 e. The van der Waals surface area contributed by atoms with Gasteiger partial charge in [0.2, 0.25) is 0 Å². The number of hydrogen-bond donors (Lipinski definition) is 0. The number of aromatic nitrogens is 4. The number of benzene rings is 2. The van der Waals surface area contributed by atoms with Gasteiger partial charge in [0.1, 0.15) is 17.6 Å². The highest BCUT2D eigenvalue weighted by Crippen LogP contribution is 2.21. The first-order valence-corrected chi connectivity index (χ1v) is 8.49. The Hall–Kier alpha value is -3.67. The zero-order valence-corrected chi connectivity index (χ0v) is 14.9. The molecule has 0 aliphatic heterocycles. The van der Waals surface area contributed by atoms with E-state index in [1.807, 2.05) is 48.5 Å². The molecule has 27 heavy (non-hydrogen) atoms. The van der Waals surface area contributed by atoms with E-state index in [0.717, 1.165) is 22.4 Å². The van der Waals surface area contributed by atoms with Crippen molar-refractivity contribution in [1.82, 2.24) is 19.4 Å². The maximum absolute atomic E-state index is 12.8. The monoisotopic (exact) mass is 358 g/mol. The lowest BCUT2D eigenvalue weighted by molar-refractivity contribution is 0.415. The second kappa shape index (κ2) is 6.92. The van der Waals surface area contributed by atoms with Crippen LogP contribution in [0.15, 0.2) is 72.3 Å². The van der Waals surface area contributed by atoms with Gasteiger partial charge in [-0.2, -0.15) is 10.2 Å². The van der Waals surface area contributed by atoms with Gasteiger partial charge >= 0.3 is 0 Å². The van der Waals surface area contributed by atoms with Crippen molar-refractivity contribution in [3.05, 3.63) is 89.0 Å². The van der Waals surface area contributed by atoms with E-state index in [2.05, 4.69) is 16.8 Å². The van der Waals surface area contributed by atoms with Crippen LogP contribution in [0.4, 0.5) is 0 Å². The van der Waals surface area contributed by atoms with Gasteiger partial charge in [0.25, 0.3) is 5.56 Å². The molecule has 0 aliphatic rings.